The third-order valence-electron chi connectivity index (χ3n) is 4.27. The Balaban J connectivity index is 1.53. The topological polar surface area (TPSA) is 55.8 Å². The molecule has 2 fully saturated rings. The van der Waals surface area contributed by atoms with Crippen molar-refractivity contribution in [2.24, 2.45) is 11.8 Å². The Morgan fingerprint density at radius 1 is 1.18 bits per heavy atom. The van der Waals surface area contributed by atoms with Gasteiger partial charge in [0.1, 0.15) is 12.4 Å². The van der Waals surface area contributed by atoms with Crippen molar-refractivity contribution in [3.8, 4) is 0 Å². The molecule has 4 rings (SSSR count). The predicted octanol–water partition coefficient (Wildman–Crippen LogP) is 1.85. The quantitative estimate of drug-likeness (QED) is 0.629. The second kappa shape index (κ2) is 4.87. The second-order valence-electron chi connectivity index (χ2n) is 5.45. The molecule has 0 spiro atoms. The molecule has 2 amide bonds. The van der Waals surface area contributed by atoms with Crippen molar-refractivity contribution in [3.63, 3.8) is 0 Å². The van der Waals surface area contributed by atoms with Gasteiger partial charge in [-0.15, -0.1) is 0 Å². The van der Waals surface area contributed by atoms with Gasteiger partial charge in [-0.05, 0) is 12.1 Å². The molecule has 1 aromatic carbocycles. The summed E-state index contributed by atoms with van der Waals surface area (Å²) in [5, 5.41) is 0.914. The monoisotopic (exact) mass is 323 g/mol. The lowest BCUT2D eigenvalue weighted by Gasteiger charge is -2.17. The number of carbonyl (C=O) groups is 2. The number of ether oxygens (including phenoxy) is 1. The average Bonchev–Trinajstić information content (AvgIpc) is 3.15. The normalized spacial score (nSPS) is 32.2. The first kappa shape index (κ1) is 13.9. The molecule has 0 aliphatic carbocycles. The number of rotatable bonds is 3. The maximum atomic E-state index is 13.7. The molecular weight excluding hydrogens is 313 g/mol. The first-order valence-electron chi connectivity index (χ1n) is 6.85. The lowest BCUT2D eigenvalue weighted by molar-refractivity contribution is -0.195. The van der Waals surface area contributed by atoms with Crippen LogP contribution in [0, 0.1) is 17.7 Å². The average molecular weight is 324 g/mol. The largest absolute Gasteiger partial charge is 0.365 e. The lowest BCUT2D eigenvalue weighted by Crippen LogP contribution is -2.34. The Morgan fingerprint density at radius 3 is 2.41 bits per heavy atom. The van der Waals surface area contributed by atoms with E-state index in [2.05, 4.69) is 0 Å². The fourth-order valence-corrected chi connectivity index (χ4v) is 3.42. The molecule has 5 nitrogen and oxygen atoms in total. The number of benzene rings is 1. The summed E-state index contributed by atoms with van der Waals surface area (Å²) in [5.41, 5.74) is 0.110. The summed E-state index contributed by atoms with van der Waals surface area (Å²) in [7, 11) is 0. The van der Waals surface area contributed by atoms with Gasteiger partial charge < -0.3 is 4.74 Å². The molecule has 1 aromatic rings. The Labute approximate surface area is 130 Å². The molecule has 0 radical (unpaired) electrons. The summed E-state index contributed by atoms with van der Waals surface area (Å²) in [4.78, 5) is 29.9. The number of hydrogen-bond donors (Lipinski definition) is 0. The summed E-state index contributed by atoms with van der Waals surface area (Å²) in [5.74, 6) is -2.52. The molecule has 0 aromatic heterocycles. The zero-order chi connectivity index (χ0) is 15.4. The number of hydroxylamine groups is 2. The molecule has 3 heterocycles. The Bertz CT molecular complexity index is 657. The van der Waals surface area contributed by atoms with Crippen LogP contribution in [-0.4, -0.2) is 29.1 Å². The summed E-state index contributed by atoms with van der Waals surface area (Å²) >= 11 is 5.90. The molecule has 2 bridgehead atoms. The number of imide groups is 1. The number of hydrogen-bond acceptors (Lipinski definition) is 4. The van der Waals surface area contributed by atoms with Gasteiger partial charge in [-0.2, -0.15) is 5.06 Å². The van der Waals surface area contributed by atoms with Gasteiger partial charge in [-0.25, -0.2) is 4.39 Å². The van der Waals surface area contributed by atoms with Crippen molar-refractivity contribution in [3.05, 3.63) is 46.8 Å². The van der Waals surface area contributed by atoms with Crippen LogP contribution in [0.3, 0.4) is 0 Å². The van der Waals surface area contributed by atoms with E-state index < -0.39 is 29.5 Å². The summed E-state index contributed by atoms with van der Waals surface area (Å²) in [6.45, 7) is -0.286. The zero-order valence-electron chi connectivity index (χ0n) is 11.2. The Morgan fingerprint density at radius 2 is 1.82 bits per heavy atom. The highest BCUT2D eigenvalue weighted by atomic mass is 35.5. The molecular formula is C15H11ClFNO4. The lowest BCUT2D eigenvalue weighted by atomic mass is 9.85. The van der Waals surface area contributed by atoms with E-state index in [9.17, 15) is 14.0 Å². The van der Waals surface area contributed by atoms with Gasteiger partial charge in [0.25, 0.3) is 11.8 Å². The van der Waals surface area contributed by atoms with Crippen LogP contribution in [0.25, 0.3) is 0 Å². The van der Waals surface area contributed by atoms with Crippen LogP contribution in [0.2, 0.25) is 5.02 Å². The summed E-state index contributed by atoms with van der Waals surface area (Å²) in [6.07, 6.45) is 2.82. The molecule has 4 unspecified atom stereocenters. The van der Waals surface area contributed by atoms with Gasteiger partial charge in [0, 0.05) is 10.6 Å². The summed E-state index contributed by atoms with van der Waals surface area (Å²) < 4.78 is 19.2. The van der Waals surface area contributed by atoms with Crippen LogP contribution >= 0.6 is 11.6 Å². The van der Waals surface area contributed by atoms with Crippen LogP contribution in [0.4, 0.5) is 4.39 Å². The molecule has 2 saturated heterocycles. The Kier molecular flexibility index (Phi) is 3.07. The molecule has 114 valence electrons. The van der Waals surface area contributed by atoms with Crippen molar-refractivity contribution in [2.75, 3.05) is 0 Å². The van der Waals surface area contributed by atoms with Crippen molar-refractivity contribution in [1.82, 2.24) is 5.06 Å². The van der Waals surface area contributed by atoms with Gasteiger partial charge in [0.15, 0.2) is 0 Å². The van der Waals surface area contributed by atoms with E-state index in [0.717, 1.165) is 5.06 Å². The molecule has 0 saturated carbocycles. The minimum absolute atomic E-state index is 0.110. The molecule has 4 atom stereocenters. The minimum Gasteiger partial charge on any atom is -0.365 e. The number of carbonyl (C=O) groups excluding carboxylic acids is 2. The van der Waals surface area contributed by atoms with Gasteiger partial charge >= 0.3 is 0 Å². The van der Waals surface area contributed by atoms with Crippen molar-refractivity contribution < 1.29 is 23.6 Å². The van der Waals surface area contributed by atoms with E-state index in [-0.39, 0.29) is 29.4 Å². The molecule has 7 heteroatoms. The standard InChI is InChI=1S/C15H11ClFNO4/c16-8-2-1-3-9(17)7(8)6-21-18-14(19)12-10-4-5-11(22-10)13(12)15(18)20/h1-5,10-13H,6H2. The maximum absolute atomic E-state index is 13.7. The van der Waals surface area contributed by atoms with Gasteiger partial charge in [-0.3, -0.25) is 14.4 Å². The van der Waals surface area contributed by atoms with E-state index in [4.69, 9.17) is 21.2 Å². The van der Waals surface area contributed by atoms with Crippen LogP contribution in [0.1, 0.15) is 5.56 Å². The number of nitrogens with zero attached hydrogens (tertiary/aromatic N) is 1. The van der Waals surface area contributed by atoms with E-state index in [1.807, 2.05) is 0 Å². The number of amides is 2. The fourth-order valence-electron chi connectivity index (χ4n) is 3.20. The molecule has 0 N–H and O–H groups in total. The van der Waals surface area contributed by atoms with E-state index in [1.54, 1.807) is 12.2 Å². The minimum atomic E-state index is -0.545. The fraction of sp³-hybridized carbons (Fsp3) is 0.333. The van der Waals surface area contributed by atoms with Crippen LogP contribution < -0.4 is 0 Å². The zero-order valence-corrected chi connectivity index (χ0v) is 12.0. The van der Waals surface area contributed by atoms with Crippen molar-refractivity contribution in [1.29, 1.82) is 0 Å². The molecule has 22 heavy (non-hydrogen) atoms. The van der Waals surface area contributed by atoms with Gasteiger partial charge in [-0.1, -0.05) is 29.8 Å². The van der Waals surface area contributed by atoms with Crippen molar-refractivity contribution >= 4 is 23.4 Å². The predicted molar refractivity (Wildman–Crippen MR) is 72.8 cm³/mol. The van der Waals surface area contributed by atoms with Crippen molar-refractivity contribution in [2.45, 2.75) is 18.8 Å². The molecule has 3 aliphatic rings. The number of fused-ring (bicyclic) bond motifs is 5. The highest BCUT2D eigenvalue weighted by Gasteiger charge is 2.61. The van der Waals surface area contributed by atoms with Crippen LogP contribution in [-0.2, 0) is 25.8 Å². The first-order valence-corrected chi connectivity index (χ1v) is 7.23. The SMILES string of the molecule is O=C1C2C3C=CC(O3)C2C(=O)N1OCc1c(F)cccc1Cl. The number of halogens is 2. The van der Waals surface area contributed by atoms with Gasteiger partial charge in [0.05, 0.1) is 24.0 Å². The highest BCUT2D eigenvalue weighted by Crippen LogP contribution is 2.45. The van der Waals surface area contributed by atoms with Crippen LogP contribution in [0.5, 0.6) is 0 Å². The van der Waals surface area contributed by atoms with Gasteiger partial charge in [0.2, 0.25) is 0 Å². The smallest absolute Gasteiger partial charge is 0.260 e. The van der Waals surface area contributed by atoms with Crippen LogP contribution in [0.15, 0.2) is 30.4 Å². The first-order chi connectivity index (χ1) is 10.6. The third kappa shape index (κ3) is 1.84. The van der Waals surface area contributed by atoms with E-state index in [0.29, 0.717) is 0 Å². The highest BCUT2D eigenvalue weighted by molar-refractivity contribution is 6.31. The third-order valence-corrected chi connectivity index (χ3v) is 4.62. The Hall–Kier alpha value is -1.76. The molecule has 3 aliphatic heterocycles. The second-order valence-corrected chi connectivity index (χ2v) is 5.85. The van der Waals surface area contributed by atoms with E-state index in [1.165, 1.54) is 18.2 Å². The van der Waals surface area contributed by atoms with E-state index >= 15 is 0 Å². The maximum Gasteiger partial charge on any atom is 0.260 e. The summed E-state index contributed by atoms with van der Waals surface area (Å²) in [6, 6.07) is 4.23.